The molecule has 1 N–H and O–H groups in total. The minimum Gasteiger partial charge on any atom is -0.376 e. The molecule has 0 spiro atoms. The lowest BCUT2D eigenvalue weighted by Crippen LogP contribution is -2.38. The van der Waals surface area contributed by atoms with Crippen LogP contribution in [0.15, 0.2) is 30.8 Å². The summed E-state index contributed by atoms with van der Waals surface area (Å²) >= 11 is 0. The summed E-state index contributed by atoms with van der Waals surface area (Å²) in [5.74, 6) is 0.505. The third-order valence-corrected chi connectivity index (χ3v) is 4.56. The number of hydrogen-bond donors (Lipinski definition) is 1. The van der Waals surface area contributed by atoms with Crippen LogP contribution in [-0.2, 0) is 9.59 Å². The van der Waals surface area contributed by atoms with E-state index >= 15 is 0 Å². The zero-order chi connectivity index (χ0) is 20.1. The molecule has 1 rings (SSSR count). The average Bonchev–Trinajstić information content (AvgIpc) is 2.59. The molecule has 0 bridgehead atoms. The monoisotopic (exact) mass is 360 g/mol. The van der Waals surface area contributed by atoms with Gasteiger partial charge in [-0.05, 0) is 30.0 Å². The number of ketones is 1. The minimum absolute atomic E-state index is 0. The highest BCUT2D eigenvalue weighted by atomic mass is 16.2. The molecule has 0 saturated carbocycles. The zero-order valence-electron chi connectivity index (χ0n) is 17.3. The van der Waals surface area contributed by atoms with E-state index in [1.165, 1.54) is 0 Å². The molecule has 0 saturated heterocycles. The fourth-order valence-corrected chi connectivity index (χ4v) is 2.94. The molecule has 0 aliphatic heterocycles. The Labute approximate surface area is 160 Å². The molecule has 1 aromatic rings. The molecule has 0 aliphatic rings. The SMILES string of the molecule is C=C(N[C@H](C)C(=O)CC)c1cccc(C(C)CN(C)C(=O)C(C)(C)C)c1.[HH]. The van der Waals surface area contributed by atoms with Crippen molar-refractivity contribution in [3.63, 3.8) is 0 Å². The number of carbonyl (C=O) groups is 2. The number of rotatable bonds is 8. The Bertz CT molecular complexity index is 665. The highest BCUT2D eigenvalue weighted by molar-refractivity contribution is 5.85. The van der Waals surface area contributed by atoms with Crippen molar-refractivity contribution in [3.05, 3.63) is 42.0 Å². The van der Waals surface area contributed by atoms with Gasteiger partial charge in [-0.2, -0.15) is 0 Å². The Morgan fingerprint density at radius 1 is 1.27 bits per heavy atom. The van der Waals surface area contributed by atoms with Gasteiger partial charge < -0.3 is 10.2 Å². The van der Waals surface area contributed by atoms with Gasteiger partial charge in [-0.3, -0.25) is 9.59 Å². The van der Waals surface area contributed by atoms with Crippen molar-refractivity contribution in [2.24, 2.45) is 5.41 Å². The molecule has 2 atom stereocenters. The van der Waals surface area contributed by atoms with Crippen LogP contribution in [0.25, 0.3) is 5.70 Å². The van der Waals surface area contributed by atoms with E-state index in [-0.39, 0.29) is 30.5 Å². The van der Waals surface area contributed by atoms with Crippen molar-refractivity contribution in [2.75, 3.05) is 13.6 Å². The highest BCUT2D eigenvalue weighted by Gasteiger charge is 2.26. The summed E-state index contributed by atoms with van der Waals surface area (Å²) in [5, 5.41) is 3.18. The molecule has 0 fully saturated rings. The van der Waals surface area contributed by atoms with Crippen molar-refractivity contribution in [3.8, 4) is 0 Å². The Kier molecular flexibility index (Phi) is 7.61. The third kappa shape index (κ3) is 6.01. The summed E-state index contributed by atoms with van der Waals surface area (Å²) in [6.07, 6.45) is 0.507. The lowest BCUT2D eigenvalue weighted by atomic mass is 9.93. The maximum Gasteiger partial charge on any atom is 0.227 e. The Morgan fingerprint density at radius 3 is 2.42 bits per heavy atom. The molecule has 1 unspecified atom stereocenters. The summed E-state index contributed by atoms with van der Waals surface area (Å²) in [6, 6.07) is 7.88. The van der Waals surface area contributed by atoms with Crippen molar-refractivity contribution in [1.82, 2.24) is 10.2 Å². The maximum absolute atomic E-state index is 12.4. The number of Topliss-reactive ketones (excluding diaryl/α,β-unsaturated/α-hetero) is 1. The Morgan fingerprint density at radius 2 is 1.88 bits per heavy atom. The molecule has 4 nitrogen and oxygen atoms in total. The molecular weight excluding hydrogens is 324 g/mol. The molecule has 0 aliphatic carbocycles. The van der Waals surface area contributed by atoms with Crippen LogP contribution in [0.5, 0.6) is 0 Å². The molecule has 26 heavy (non-hydrogen) atoms. The Hall–Kier alpha value is -2.10. The number of nitrogens with one attached hydrogen (secondary N) is 1. The first kappa shape index (κ1) is 21.9. The average molecular weight is 361 g/mol. The van der Waals surface area contributed by atoms with Gasteiger partial charge in [-0.25, -0.2) is 0 Å². The van der Waals surface area contributed by atoms with Gasteiger partial charge in [0.25, 0.3) is 0 Å². The number of hydrogen-bond acceptors (Lipinski definition) is 3. The first-order chi connectivity index (χ1) is 12.0. The zero-order valence-corrected chi connectivity index (χ0v) is 17.3. The fourth-order valence-electron chi connectivity index (χ4n) is 2.94. The summed E-state index contributed by atoms with van der Waals surface area (Å²) in [4.78, 5) is 26.0. The number of amides is 1. The molecule has 0 heterocycles. The predicted octanol–water partition coefficient (Wildman–Crippen LogP) is 4.47. The first-order valence-electron chi connectivity index (χ1n) is 9.31. The van der Waals surface area contributed by atoms with E-state index in [0.29, 0.717) is 13.0 Å². The lowest BCUT2D eigenvalue weighted by Gasteiger charge is -2.28. The van der Waals surface area contributed by atoms with Gasteiger partial charge in [0.05, 0.1) is 6.04 Å². The van der Waals surface area contributed by atoms with Crippen LogP contribution in [0.3, 0.4) is 0 Å². The van der Waals surface area contributed by atoms with Gasteiger partial charge in [0.15, 0.2) is 5.78 Å². The van der Waals surface area contributed by atoms with E-state index in [9.17, 15) is 9.59 Å². The second-order valence-corrected chi connectivity index (χ2v) is 8.13. The van der Waals surface area contributed by atoms with Crippen LogP contribution in [-0.4, -0.2) is 36.2 Å². The summed E-state index contributed by atoms with van der Waals surface area (Å²) in [6.45, 7) is 16.4. The number of carbonyl (C=O) groups excluding carboxylic acids is 2. The fraction of sp³-hybridized carbons (Fsp3) is 0.545. The molecule has 4 heteroatoms. The van der Waals surface area contributed by atoms with Crippen molar-refractivity contribution in [1.29, 1.82) is 0 Å². The number of likely N-dealkylation sites (N-methyl/N-ethyl adjacent to an activating group) is 1. The van der Waals surface area contributed by atoms with Crippen LogP contribution >= 0.6 is 0 Å². The van der Waals surface area contributed by atoms with E-state index in [1.54, 1.807) is 4.90 Å². The van der Waals surface area contributed by atoms with Gasteiger partial charge in [0.2, 0.25) is 5.91 Å². The molecule has 0 aromatic heterocycles. The summed E-state index contributed by atoms with van der Waals surface area (Å²) in [5.41, 5.74) is 2.48. The number of nitrogens with zero attached hydrogens (tertiary/aromatic N) is 1. The van der Waals surface area contributed by atoms with Crippen LogP contribution in [0.2, 0.25) is 0 Å². The van der Waals surface area contributed by atoms with Gasteiger partial charge >= 0.3 is 0 Å². The first-order valence-corrected chi connectivity index (χ1v) is 9.31. The summed E-state index contributed by atoms with van der Waals surface area (Å²) < 4.78 is 0. The quantitative estimate of drug-likeness (QED) is 0.744. The van der Waals surface area contributed by atoms with Crippen LogP contribution in [0.1, 0.15) is 66.4 Å². The maximum atomic E-state index is 12.4. The molecule has 1 amide bonds. The number of benzene rings is 1. The van der Waals surface area contributed by atoms with Crippen LogP contribution < -0.4 is 5.32 Å². The van der Waals surface area contributed by atoms with Crippen LogP contribution in [0, 0.1) is 5.41 Å². The second-order valence-electron chi connectivity index (χ2n) is 8.13. The van der Waals surface area contributed by atoms with Crippen molar-refractivity contribution < 1.29 is 11.0 Å². The lowest BCUT2D eigenvalue weighted by molar-refractivity contribution is -0.138. The van der Waals surface area contributed by atoms with E-state index in [0.717, 1.165) is 16.8 Å². The molecule has 1 aromatic carbocycles. The van der Waals surface area contributed by atoms with Gasteiger partial charge in [0, 0.05) is 32.6 Å². The smallest absolute Gasteiger partial charge is 0.227 e. The van der Waals surface area contributed by atoms with Gasteiger partial charge in [0.1, 0.15) is 0 Å². The standard InChI is InChI=1S/C22H34N2O2.H2/c1-9-20(25)17(4)23-16(3)19-12-10-11-18(13-19)15(2)14-24(8)21(26)22(5,6)7;/h10-13,15,17,23H,3,9,14H2,1-2,4-8H3;1H/t15?,17-;/m1./s1. The Balaban J connectivity index is 0.00000676. The third-order valence-electron chi connectivity index (χ3n) is 4.56. The second kappa shape index (κ2) is 9.02. The van der Waals surface area contributed by atoms with Crippen LogP contribution in [0.4, 0.5) is 0 Å². The summed E-state index contributed by atoms with van der Waals surface area (Å²) in [7, 11) is 1.85. The highest BCUT2D eigenvalue weighted by Crippen LogP contribution is 2.23. The predicted molar refractivity (Wildman–Crippen MR) is 111 cm³/mol. The van der Waals surface area contributed by atoms with Gasteiger partial charge in [-0.1, -0.05) is 59.4 Å². The van der Waals surface area contributed by atoms with E-state index in [4.69, 9.17) is 0 Å². The molecule has 0 radical (unpaired) electrons. The molecule has 146 valence electrons. The van der Waals surface area contributed by atoms with Gasteiger partial charge in [-0.15, -0.1) is 0 Å². The normalized spacial score (nSPS) is 13.7. The largest absolute Gasteiger partial charge is 0.376 e. The van der Waals surface area contributed by atoms with E-state index in [2.05, 4.69) is 31.0 Å². The topological polar surface area (TPSA) is 49.4 Å². The minimum atomic E-state index is -0.378. The van der Waals surface area contributed by atoms with Crippen molar-refractivity contribution in [2.45, 2.75) is 59.9 Å². The van der Waals surface area contributed by atoms with E-state index < -0.39 is 0 Å². The van der Waals surface area contributed by atoms with E-state index in [1.807, 2.05) is 53.8 Å². The molecular formula is C22H36N2O2. The van der Waals surface area contributed by atoms with Crippen molar-refractivity contribution >= 4 is 17.4 Å².